The average molecular weight is 378 g/mol. The second kappa shape index (κ2) is 8.00. The zero-order valence-corrected chi connectivity index (χ0v) is 16.0. The number of fused-ring (bicyclic) bond motifs is 1. The number of hydrogen-bond donors (Lipinski definition) is 0. The number of rotatable bonds is 5. The Morgan fingerprint density at radius 2 is 2.00 bits per heavy atom. The molecule has 1 saturated heterocycles. The quantitative estimate of drug-likeness (QED) is 0.684. The molecule has 10 heteroatoms. The van der Waals surface area contributed by atoms with Crippen LogP contribution in [0, 0.1) is 13.8 Å². The summed E-state index contributed by atoms with van der Waals surface area (Å²) in [6.45, 7) is 6.17. The first-order chi connectivity index (χ1) is 12.5. The van der Waals surface area contributed by atoms with Crippen LogP contribution in [0.3, 0.4) is 0 Å². The van der Waals surface area contributed by atoms with Crippen molar-refractivity contribution in [1.29, 1.82) is 0 Å². The fourth-order valence-corrected chi connectivity index (χ4v) is 3.66. The number of aryl methyl sites for hydroxylation is 2. The maximum Gasteiger partial charge on any atom is 0.256 e. The molecule has 0 bridgehead atoms. The van der Waals surface area contributed by atoms with Gasteiger partial charge in [0.15, 0.2) is 5.16 Å². The maximum atomic E-state index is 12.4. The van der Waals surface area contributed by atoms with Crippen LogP contribution >= 0.6 is 11.8 Å². The zero-order chi connectivity index (χ0) is 18.7. The molecular formula is C16H22N6O3S. The molecule has 9 nitrogen and oxygen atoms in total. The standard InChI is InChI=1S/C16H22N6O3S/c1-11-8-12(2)22-15(17-11)18-19-16(22)26-10-14(24)20(3)9-13(23)21-4-6-25-7-5-21/h8H,4-7,9-10H2,1-3H3. The summed E-state index contributed by atoms with van der Waals surface area (Å²) in [4.78, 5) is 32.1. The summed E-state index contributed by atoms with van der Waals surface area (Å²) < 4.78 is 7.06. The summed E-state index contributed by atoms with van der Waals surface area (Å²) in [6, 6.07) is 1.94. The van der Waals surface area contributed by atoms with Crippen LogP contribution in [0.2, 0.25) is 0 Å². The van der Waals surface area contributed by atoms with Crippen molar-refractivity contribution in [1.82, 2.24) is 29.4 Å². The highest BCUT2D eigenvalue weighted by molar-refractivity contribution is 7.99. The van der Waals surface area contributed by atoms with Crippen molar-refractivity contribution in [2.45, 2.75) is 19.0 Å². The number of amides is 2. The fraction of sp³-hybridized carbons (Fsp3) is 0.562. The number of nitrogens with zero attached hydrogens (tertiary/aromatic N) is 6. The Morgan fingerprint density at radius 3 is 2.73 bits per heavy atom. The van der Waals surface area contributed by atoms with Crippen LogP contribution in [0.1, 0.15) is 11.4 Å². The third-order valence-electron chi connectivity index (χ3n) is 4.15. The van der Waals surface area contributed by atoms with Crippen molar-refractivity contribution in [3.63, 3.8) is 0 Å². The van der Waals surface area contributed by atoms with Gasteiger partial charge in [0, 0.05) is 31.5 Å². The van der Waals surface area contributed by atoms with Gasteiger partial charge < -0.3 is 14.5 Å². The van der Waals surface area contributed by atoms with E-state index in [9.17, 15) is 9.59 Å². The molecule has 1 aliphatic rings. The lowest BCUT2D eigenvalue weighted by Gasteiger charge is -2.28. The smallest absolute Gasteiger partial charge is 0.256 e. The van der Waals surface area contributed by atoms with Gasteiger partial charge in [0.25, 0.3) is 5.78 Å². The Balaban J connectivity index is 1.57. The summed E-state index contributed by atoms with van der Waals surface area (Å²) in [5.74, 6) is 0.512. The Hall–Kier alpha value is -2.20. The lowest BCUT2D eigenvalue weighted by molar-refractivity contribution is -0.140. The van der Waals surface area contributed by atoms with Crippen molar-refractivity contribution in [2.75, 3.05) is 45.6 Å². The number of carbonyl (C=O) groups excluding carboxylic acids is 2. The molecule has 0 N–H and O–H groups in total. The van der Waals surface area contributed by atoms with Crippen LogP contribution in [-0.4, -0.2) is 86.8 Å². The van der Waals surface area contributed by atoms with Gasteiger partial charge >= 0.3 is 0 Å². The number of thioether (sulfide) groups is 1. The summed E-state index contributed by atoms with van der Waals surface area (Å²) in [6.07, 6.45) is 0. The van der Waals surface area contributed by atoms with Crippen LogP contribution < -0.4 is 0 Å². The predicted molar refractivity (Wildman–Crippen MR) is 96.0 cm³/mol. The fourth-order valence-electron chi connectivity index (χ4n) is 2.73. The second-order valence-electron chi connectivity index (χ2n) is 6.19. The monoisotopic (exact) mass is 378 g/mol. The third kappa shape index (κ3) is 4.13. The zero-order valence-electron chi connectivity index (χ0n) is 15.1. The van der Waals surface area contributed by atoms with E-state index in [1.807, 2.05) is 24.3 Å². The molecule has 0 radical (unpaired) electrons. The molecule has 0 aliphatic carbocycles. The number of aromatic nitrogens is 4. The van der Waals surface area contributed by atoms with Gasteiger partial charge in [-0.05, 0) is 19.9 Å². The van der Waals surface area contributed by atoms with Crippen LogP contribution in [0.15, 0.2) is 11.2 Å². The molecule has 140 valence electrons. The lowest BCUT2D eigenvalue weighted by Crippen LogP contribution is -2.46. The van der Waals surface area contributed by atoms with E-state index in [1.54, 1.807) is 11.9 Å². The SMILES string of the molecule is Cc1cc(C)n2c(SCC(=O)N(C)CC(=O)N3CCOCC3)nnc2n1. The Kier molecular flexibility index (Phi) is 5.72. The highest BCUT2D eigenvalue weighted by Crippen LogP contribution is 2.18. The minimum Gasteiger partial charge on any atom is -0.378 e. The van der Waals surface area contributed by atoms with E-state index >= 15 is 0 Å². The number of ether oxygens (including phenoxy) is 1. The predicted octanol–water partition coefficient (Wildman–Crippen LogP) is 0.150. The molecule has 3 heterocycles. The highest BCUT2D eigenvalue weighted by atomic mass is 32.2. The second-order valence-corrected chi connectivity index (χ2v) is 7.13. The summed E-state index contributed by atoms with van der Waals surface area (Å²) in [5, 5.41) is 8.79. The van der Waals surface area contributed by atoms with E-state index in [0.717, 1.165) is 11.4 Å². The lowest BCUT2D eigenvalue weighted by atomic mass is 10.3. The Morgan fingerprint density at radius 1 is 1.27 bits per heavy atom. The van der Waals surface area contributed by atoms with Gasteiger partial charge in [-0.1, -0.05) is 11.8 Å². The molecule has 2 aromatic heterocycles. The molecule has 26 heavy (non-hydrogen) atoms. The van der Waals surface area contributed by atoms with E-state index in [1.165, 1.54) is 16.7 Å². The first-order valence-electron chi connectivity index (χ1n) is 8.37. The molecule has 0 spiro atoms. The normalized spacial score (nSPS) is 14.7. The van der Waals surface area contributed by atoms with Gasteiger partial charge in [-0.2, -0.15) is 0 Å². The number of morpholine rings is 1. The molecule has 3 rings (SSSR count). The minimum atomic E-state index is -0.133. The largest absolute Gasteiger partial charge is 0.378 e. The average Bonchev–Trinajstić information content (AvgIpc) is 3.03. The number of carbonyl (C=O) groups is 2. The van der Waals surface area contributed by atoms with E-state index < -0.39 is 0 Å². The van der Waals surface area contributed by atoms with Crippen molar-refractivity contribution >= 4 is 29.4 Å². The molecule has 0 unspecified atom stereocenters. The number of hydrogen-bond acceptors (Lipinski definition) is 7. The summed E-state index contributed by atoms with van der Waals surface area (Å²) >= 11 is 1.29. The van der Waals surface area contributed by atoms with Gasteiger partial charge in [-0.3, -0.25) is 14.0 Å². The van der Waals surface area contributed by atoms with Gasteiger partial charge in [-0.25, -0.2) is 4.98 Å². The Bertz CT molecular complexity index is 818. The molecule has 0 atom stereocenters. The topological polar surface area (TPSA) is 92.9 Å². The molecule has 1 fully saturated rings. The molecule has 2 aromatic rings. The van der Waals surface area contributed by atoms with Crippen LogP contribution in [-0.2, 0) is 14.3 Å². The van der Waals surface area contributed by atoms with Crippen molar-refractivity contribution in [2.24, 2.45) is 0 Å². The third-order valence-corrected chi connectivity index (χ3v) is 5.06. The minimum absolute atomic E-state index is 0.0578. The van der Waals surface area contributed by atoms with E-state index in [0.29, 0.717) is 37.2 Å². The van der Waals surface area contributed by atoms with Crippen LogP contribution in [0.4, 0.5) is 0 Å². The van der Waals surface area contributed by atoms with E-state index in [-0.39, 0.29) is 24.1 Å². The summed E-state index contributed by atoms with van der Waals surface area (Å²) in [5.41, 5.74) is 1.83. The van der Waals surface area contributed by atoms with E-state index in [4.69, 9.17) is 4.74 Å². The van der Waals surface area contributed by atoms with Gasteiger partial charge in [0.2, 0.25) is 11.8 Å². The molecule has 1 aliphatic heterocycles. The molecule has 0 aromatic carbocycles. The Labute approximate surface area is 155 Å². The molecule has 0 saturated carbocycles. The number of likely N-dealkylation sites (N-methyl/N-ethyl adjacent to an activating group) is 1. The van der Waals surface area contributed by atoms with Crippen molar-refractivity contribution < 1.29 is 14.3 Å². The van der Waals surface area contributed by atoms with Crippen LogP contribution in [0.5, 0.6) is 0 Å². The molecular weight excluding hydrogens is 356 g/mol. The van der Waals surface area contributed by atoms with Gasteiger partial charge in [0.1, 0.15) is 0 Å². The summed E-state index contributed by atoms with van der Waals surface area (Å²) in [7, 11) is 1.64. The van der Waals surface area contributed by atoms with Gasteiger partial charge in [-0.15, -0.1) is 10.2 Å². The van der Waals surface area contributed by atoms with Crippen molar-refractivity contribution in [3.05, 3.63) is 17.5 Å². The highest BCUT2D eigenvalue weighted by Gasteiger charge is 2.21. The first-order valence-corrected chi connectivity index (χ1v) is 9.36. The maximum absolute atomic E-state index is 12.4. The van der Waals surface area contributed by atoms with Gasteiger partial charge in [0.05, 0.1) is 25.5 Å². The van der Waals surface area contributed by atoms with Crippen molar-refractivity contribution in [3.8, 4) is 0 Å². The van der Waals surface area contributed by atoms with E-state index in [2.05, 4.69) is 15.2 Å². The van der Waals surface area contributed by atoms with Crippen LogP contribution in [0.25, 0.3) is 5.78 Å². The molecule has 2 amide bonds. The first kappa shape index (κ1) is 18.6.